The molecule has 0 saturated carbocycles. The lowest BCUT2D eigenvalue weighted by Crippen LogP contribution is -2.15. The molecule has 0 amide bonds. The van der Waals surface area contributed by atoms with Crippen LogP contribution < -0.4 is 4.74 Å². The van der Waals surface area contributed by atoms with Crippen molar-refractivity contribution in [2.24, 2.45) is 0 Å². The molecule has 1 atom stereocenters. The van der Waals surface area contributed by atoms with E-state index in [1.165, 1.54) is 0 Å². The highest BCUT2D eigenvalue weighted by atomic mass is 35.5. The van der Waals surface area contributed by atoms with Crippen LogP contribution in [0.15, 0.2) is 77.9 Å². The molecule has 6 aromatic rings. The van der Waals surface area contributed by atoms with Gasteiger partial charge < -0.3 is 9.15 Å². The van der Waals surface area contributed by atoms with Gasteiger partial charge in [0.05, 0.1) is 34.7 Å². The van der Waals surface area contributed by atoms with Gasteiger partial charge in [0, 0.05) is 23.0 Å². The Labute approximate surface area is 203 Å². The van der Waals surface area contributed by atoms with Gasteiger partial charge in [0.2, 0.25) is 11.8 Å². The van der Waals surface area contributed by atoms with E-state index in [-0.39, 0.29) is 5.92 Å². The smallest absolute Gasteiger partial charge is 0.230 e. The van der Waals surface area contributed by atoms with Crippen molar-refractivity contribution in [2.45, 2.75) is 12.8 Å². The van der Waals surface area contributed by atoms with E-state index in [9.17, 15) is 0 Å². The monoisotopic (exact) mass is 481 g/mol. The summed E-state index contributed by atoms with van der Waals surface area (Å²) in [7, 11) is 0. The number of furan rings is 1. The van der Waals surface area contributed by atoms with Crippen LogP contribution in [0.1, 0.15) is 28.5 Å². The number of hydrogen-bond acceptors (Lipinski definition) is 7. The second-order valence-corrected chi connectivity index (χ2v) is 8.59. The van der Waals surface area contributed by atoms with E-state index in [1.54, 1.807) is 34.2 Å². The number of fused-ring (bicyclic) bond motifs is 4. The largest absolute Gasteiger partial charge is 0.468 e. The van der Waals surface area contributed by atoms with Crippen LogP contribution in [-0.2, 0) is 0 Å². The Balaban J connectivity index is 1.47. The molecule has 6 heterocycles. The molecule has 0 bridgehead atoms. The summed E-state index contributed by atoms with van der Waals surface area (Å²) in [4.78, 5) is 13.6. The molecular formula is C25H16ClN7O2. The van der Waals surface area contributed by atoms with Crippen LogP contribution in [0.5, 0.6) is 11.8 Å². The first-order valence-electron chi connectivity index (χ1n) is 10.9. The average Bonchev–Trinajstić information content (AvgIpc) is 3.63. The van der Waals surface area contributed by atoms with Crippen molar-refractivity contribution in [3.63, 3.8) is 0 Å². The number of nitrogens with zero attached hydrogens (tertiary/aromatic N) is 7. The van der Waals surface area contributed by atoms with Gasteiger partial charge in [-0.25, -0.2) is 19.2 Å². The van der Waals surface area contributed by atoms with Gasteiger partial charge in [-0.1, -0.05) is 11.6 Å². The third kappa shape index (κ3) is 3.05. The molecule has 0 radical (unpaired) electrons. The summed E-state index contributed by atoms with van der Waals surface area (Å²) < 4.78 is 15.7. The fourth-order valence-corrected chi connectivity index (χ4v) is 4.62. The first kappa shape index (κ1) is 19.9. The molecule has 7 rings (SSSR count). The molecule has 1 aliphatic heterocycles. The van der Waals surface area contributed by atoms with Crippen LogP contribution >= 0.6 is 11.6 Å². The third-order valence-electron chi connectivity index (χ3n) is 6.04. The van der Waals surface area contributed by atoms with E-state index >= 15 is 0 Å². The normalized spacial score (nSPS) is 14.5. The molecule has 0 saturated heterocycles. The highest BCUT2D eigenvalue weighted by molar-refractivity contribution is 6.30. The van der Waals surface area contributed by atoms with Crippen molar-refractivity contribution >= 4 is 17.2 Å². The molecule has 0 aliphatic carbocycles. The molecule has 9 nitrogen and oxygen atoms in total. The number of benzene rings is 1. The minimum absolute atomic E-state index is 0.341. The lowest BCUT2D eigenvalue weighted by Gasteiger charge is -2.24. The SMILES string of the molecule is Cc1nn(-c2ccc(Cl)cc2)c2c1[C@H](c1ccco1)c1c(ncn3nc(-c4cccnc4)nc13)O2. The quantitative estimate of drug-likeness (QED) is 0.341. The lowest BCUT2D eigenvalue weighted by molar-refractivity contribution is 0.392. The van der Waals surface area contributed by atoms with Crippen LogP contribution in [0.2, 0.25) is 5.02 Å². The summed E-state index contributed by atoms with van der Waals surface area (Å²) in [5, 5.41) is 10.1. The van der Waals surface area contributed by atoms with Gasteiger partial charge in [0.25, 0.3) is 0 Å². The predicted octanol–water partition coefficient (Wildman–Crippen LogP) is 5.21. The maximum Gasteiger partial charge on any atom is 0.230 e. The van der Waals surface area contributed by atoms with Crippen LogP contribution in [0.3, 0.4) is 0 Å². The van der Waals surface area contributed by atoms with Crippen molar-refractivity contribution in [1.29, 1.82) is 0 Å². The minimum Gasteiger partial charge on any atom is -0.468 e. The topological polar surface area (TPSA) is 96.2 Å². The second kappa shape index (κ2) is 7.51. The van der Waals surface area contributed by atoms with Crippen LogP contribution in [0, 0.1) is 6.92 Å². The zero-order valence-corrected chi connectivity index (χ0v) is 19.1. The van der Waals surface area contributed by atoms with E-state index in [0.717, 1.165) is 33.8 Å². The van der Waals surface area contributed by atoms with Crippen molar-refractivity contribution in [2.75, 3.05) is 0 Å². The standard InChI is InChI=1S/C25H16ClN7O2/c1-14-19-20(18-5-3-11-34-18)21-23-29-22(15-4-2-10-27-12-15)31-32(23)13-28-24(21)35-25(19)33(30-14)17-8-6-16(26)7-9-17/h2-13,20H,1H3/t20-/m0/s1. The fraction of sp³-hybridized carbons (Fsp3) is 0.0800. The number of halogens is 1. The van der Waals surface area contributed by atoms with E-state index in [4.69, 9.17) is 30.8 Å². The predicted molar refractivity (Wildman–Crippen MR) is 127 cm³/mol. The number of pyridine rings is 1. The Bertz CT molecular complexity index is 1690. The molecule has 0 spiro atoms. The molecule has 0 fully saturated rings. The van der Waals surface area contributed by atoms with Crippen molar-refractivity contribution in [3.8, 4) is 28.8 Å². The lowest BCUT2D eigenvalue weighted by atomic mass is 9.88. The van der Waals surface area contributed by atoms with Gasteiger partial charge >= 0.3 is 0 Å². The van der Waals surface area contributed by atoms with Crippen LogP contribution in [0.25, 0.3) is 22.7 Å². The highest BCUT2D eigenvalue weighted by Crippen LogP contribution is 2.49. The first-order chi connectivity index (χ1) is 17.2. The van der Waals surface area contributed by atoms with E-state index < -0.39 is 0 Å². The highest BCUT2D eigenvalue weighted by Gasteiger charge is 2.39. The maximum absolute atomic E-state index is 6.39. The summed E-state index contributed by atoms with van der Waals surface area (Å²) in [6, 6.07) is 15.0. The molecule has 1 aliphatic rings. The molecule has 0 unspecified atom stereocenters. The molecule has 1 aromatic carbocycles. The zero-order chi connectivity index (χ0) is 23.5. The Hall–Kier alpha value is -4.50. The Morgan fingerprint density at radius 1 is 1.00 bits per heavy atom. The van der Waals surface area contributed by atoms with Gasteiger partial charge in [-0.2, -0.15) is 5.10 Å². The number of aryl methyl sites for hydroxylation is 1. The number of rotatable bonds is 3. The first-order valence-corrected chi connectivity index (χ1v) is 11.3. The van der Waals surface area contributed by atoms with Crippen LogP contribution in [-0.4, -0.2) is 34.3 Å². The molecule has 0 N–H and O–H groups in total. The number of hydrogen-bond donors (Lipinski definition) is 0. The summed E-state index contributed by atoms with van der Waals surface area (Å²) in [5.41, 5.74) is 4.70. The maximum atomic E-state index is 6.39. The third-order valence-corrected chi connectivity index (χ3v) is 6.29. The Morgan fingerprint density at radius 3 is 2.66 bits per heavy atom. The van der Waals surface area contributed by atoms with Crippen molar-refractivity contribution in [1.82, 2.24) is 34.3 Å². The van der Waals surface area contributed by atoms with E-state index in [1.807, 2.05) is 55.5 Å². The van der Waals surface area contributed by atoms with E-state index in [0.29, 0.717) is 28.3 Å². The minimum atomic E-state index is -0.341. The van der Waals surface area contributed by atoms with E-state index in [2.05, 4.69) is 15.1 Å². The molecule has 10 heteroatoms. The van der Waals surface area contributed by atoms with Crippen LogP contribution in [0.4, 0.5) is 0 Å². The second-order valence-electron chi connectivity index (χ2n) is 8.15. The Kier molecular flexibility index (Phi) is 4.27. The molecular weight excluding hydrogens is 466 g/mol. The van der Waals surface area contributed by atoms with Gasteiger partial charge in [0.1, 0.15) is 12.1 Å². The zero-order valence-electron chi connectivity index (χ0n) is 18.3. The average molecular weight is 482 g/mol. The van der Waals surface area contributed by atoms with Gasteiger partial charge in [-0.3, -0.25) is 4.98 Å². The summed E-state index contributed by atoms with van der Waals surface area (Å²) in [6.07, 6.45) is 6.70. The molecule has 35 heavy (non-hydrogen) atoms. The van der Waals surface area contributed by atoms with Gasteiger partial charge in [-0.15, -0.1) is 5.10 Å². The molecule has 5 aromatic heterocycles. The number of aromatic nitrogens is 7. The molecule has 170 valence electrons. The summed E-state index contributed by atoms with van der Waals surface area (Å²) >= 11 is 6.10. The summed E-state index contributed by atoms with van der Waals surface area (Å²) in [5.74, 6) is 1.93. The fourth-order valence-electron chi connectivity index (χ4n) is 4.49. The summed E-state index contributed by atoms with van der Waals surface area (Å²) in [6.45, 7) is 1.95. The van der Waals surface area contributed by atoms with Crippen molar-refractivity contribution < 1.29 is 9.15 Å². The van der Waals surface area contributed by atoms with Crippen molar-refractivity contribution in [3.05, 3.63) is 101 Å². The van der Waals surface area contributed by atoms with Gasteiger partial charge in [0.15, 0.2) is 11.5 Å². The van der Waals surface area contributed by atoms with Gasteiger partial charge in [-0.05, 0) is 55.5 Å². The number of ether oxygens (including phenoxy) is 1. The Morgan fingerprint density at radius 2 is 1.89 bits per heavy atom.